The lowest BCUT2D eigenvalue weighted by Gasteiger charge is -2.16. The van der Waals surface area contributed by atoms with Crippen LogP contribution in [-0.2, 0) is 4.74 Å². The van der Waals surface area contributed by atoms with E-state index in [1.54, 1.807) is 0 Å². The van der Waals surface area contributed by atoms with E-state index in [4.69, 9.17) is 10.5 Å². The smallest absolute Gasteiger partial charge is 0.107 e. The molecule has 2 nitrogen and oxygen atoms in total. The fraction of sp³-hybridized carbons (Fsp3) is 0.818. The van der Waals surface area contributed by atoms with Crippen LogP contribution in [0.2, 0.25) is 0 Å². The maximum atomic E-state index is 5.67. The molecule has 0 aliphatic heterocycles. The van der Waals surface area contributed by atoms with Gasteiger partial charge in [-0.1, -0.05) is 12.3 Å². The molecule has 0 bridgehead atoms. The lowest BCUT2D eigenvalue weighted by atomic mass is 9.97. The van der Waals surface area contributed by atoms with Gasteiger partial charge in [-0.15, -0.1) is 5.92 Å². The molecule has 2 unspecified atom stereocenters. The molecule has 0 spiro atoms. The van der Waals surface area contributed by atoms with E-state index in [0.29, 0.717) is 18.4 Å². The van der Waals surface area contributed by atoms with E-state index >= 15 is 0 Å². The van der Waals surface area contributed by atoms with Crippen LogP contribution in [0.3, 0.4) is 0 Å². The molecule has 1 fully saturated rings. The Labute approximate surface area is 80.8 Å². The number of hydrogen-bond acceptors (Lipinski definition) is 2. The largest absolute Gasteiger partial charge is 0.368 e. The first-order chi connectivity index (χ1) is 6.38. The molecule has 1 aliphatic rings. The molecule has 0 radical (unpaired) electrons. The lowest BCUT2D eigenvalue weighted by molar-refractivity contribution is 0.111. The molecule has 1 rings (SSSR count). The number of nitrogens with two attached hydrogens (primary N) is 1. The summed E-state index contributed by atoms with van der Waals surface area (Å²) in [7, 11) is 0. The van der Waals surface area contributed by atoms with Crippen molar-refractivity contribution in [1.29, 1.82) is 0 Å². The van der Waals surface area contributed by atoms with Crippen LogP contribution in [0.5, 0.6) is 0 Å². The van der Waals surface area contributed by atoms with Crippen molar-refractivity contribution < 1.29 is 4.74 Å². The molecule has 1 saturated carbocycles. The van der Waals surface area contributed by atoms with Gasteiger partial charge in [0.05, 0.1) is 6.61 Å². The van der Waals surface area contributed by atoms with E-state index in [1.165, 1.54) is 19.3 Å². The average molecular weight is 181 g/mol. The Morgan fingerprint density at radius 3 is 2.85 bits per heavy atom. The molecule has 0 aromatic heterocycles. The highest BCUT2D eigenvalue weighted by atomic mass is 16.5. The zero-order valence-corrected chi connectivity index (χ0v) is 8.38. The van der Waals surface area contributed by atoms with Crippen LogP contribution < -0.4 is 5.73 Å². The molecule has 13 heavy (non-hydrogen) atoms. The Bertz CT molecular complexity index is 192. The van der Waals surface area contributed by atoms with Gasteiger partial charge in [0.2, 0.25) is 0 Å². The molecule has 0 aromatic carbocycles. The first kappa shape index (κ1) is 10.6. The minimum Gasteiger partial charge on any atom is -0.368 e. The van der Waals surface area contributed by atoms with Crippen molar-refractivity contribution in [3.8, 4) is 11.8 Å². The third-order valence-electron chi connectivity index (χ3n) is 2.80. The van der Waals surface area contributed by atoms with Crippen molar-refractivity contribution in [3.63, 3.8) is 0 Å². The summed E-state index contributed by atoms with van der Waals surface area (Å²) in [6.07, 6.45) is 3.88. The second-order valence-electron chi connectivity index (χ2n) is 3.63. The predicted molar refractivity (Wildman–Crippen MR) is 54.2 cm³/mol. The summed E-state index contributed by atoms with van der Waals surface area (Å²) in [4.78, 5) is 0. The van der Waals surface area contributed by atoms with Gasteiger partial charge in [0.1, 0.15) is 6.61 Å². The molecule has 2 N–H and O–H groups in total. The van der Waals surface area contributed by atoms with Gasteiger partial charge in [0.25, 0.3) is 0 Å². The van der Waals surface area contributed by atoms with Crippen molar-refractivity contribution in [3.05, 3.63) is 0 Å². The Kier molecular flexibility index (Phi) is 4.88. The van der Waals surface area contributed by atoms with E-state index in [9.17, 15) is 0 Å². The number of rotatable bonds is 4. The molecule has 74 valence electrons. The normalized spacial score (nSPS) is 26.9. The van der Waals surface area contributed by atoms with Gasteiger partial charge in [0.15, 0.2) is 0 Å². The summed E-state index contributed by atoms with van der Waals surface area (Å²) >= 11 is 0. The highest BCUT2D eigenvalue weighted by molar-refractivity contribution is 4.94. The topological polar surface area (TPSA) is 35.2 Å². The third-order valence-corrected chi connectivity index (χ3v) is 2.80. The number of ether oxygens (including phenoxy) is 1. The summed E-state index contributed by atoms with van der Waals surface area (Å²) in [6.45, 7) is 4.07. The Morgan fingerprint density at radius 1 is 1.38 bits per heavy atom. The van der Waals surface area contributed by atoms with Crippen LogP contribution in [0.1, 0.15) is 26.2 Å². The zero-order valence-electron chi connectivity index (χ0n) is 8.38. The van der Waals surface area contributed by atoms with Gasteiger partial charge >= 0.3 is 0 Å². The molecular formula is C11H19NO. The van der Waals surface area contributed by atoms with Gasteiger partial charge in [-0.25, -0.2) is 0 Å². The highest BCUT2D eigenvalue weighted by Gasteiger charge is 2.25. The van der Waals surface area contributed by atoms with E-state index in [2.05, 4.69) is 11.8 Å². The van der Waals surface area contributed by atoms with Crippen LogP contribution in [0, 0.1) is 23.7 Å². The second kappa shape index (κ2) is 6.01. The molecule has 1 aliphatic carbocycles. The van der Waals surface area contributed by atoms with Crippen molar-refractivity contribution in [1.82, 2.24) is 0 Å². The Morgan fingerprint density at radius 2 is 2.15 bits per heavy atom. The average Bonchev–Trinajstić information content (AvgIpc) is 2.60. The molecular weight excluding hydrogens is 162 g/mol. The lowest BCUT2D eigenvalue weighted by Crippen LogP contribution is -2.22. The summed E-state index contributed by atoms with van der Waals surface area (Å²) in [5.41, 5.74) is 5.67. The molecule has 2 atom stereocenters. The fourth-order valence-electron chi connectivity index (χ4n) is 1.98. The van der Waals surface area contributed by atoms with Gasteiger partial charge in [-0.2, -0.15) is 0 Å². The minimum absolute atomic E-state index is 0.574. The van der Waals surface area contributed by atoms with Crippen molar-refractivity contribution >= 4 is 0 Å². The highest BCUT2D eigenvalue weighted by Crippen LogP contribution is 2.30. The monoisotopic (exact) mass is 181 g/mol. The molecule has 0 saturated heterocycles. The van der Waals surface area contributed by atoms with Crippen molar-refractivity contribution in [2.75, 3.05) is 19.8 Å². The van der Waals surface area contributed by atoms with Crippen molar-refractivity contribution in [2.45, 2.75) is 26.2 Å². The maximum Gasteiger partial charge on any atom is 0.107 e. The van der Waals surface area contributed by atoms with Crippen LogP contribution in [0.15, 0.2) is 0 Å². The standard InChI is InChI=1S/C11H19NO/c1-2-3-7-13-9-11-6-4-5-10(11)8-12/h10-11H,4-9,12H2,1H3. The molecule has 0 aromatic rings. The molecule has 2 heteroatoms. The van der Waals surface area contributed by atoms with Crippen molar-refractivity contribution in [2.24, 2.45) is 17.6 Å². The van der Waals surface area contributed by atoms with E-state index < -0.39 is 0 Å². The van der Waals surface area contributed by atoms with Gasteiger partial charge < -0.3 is 10.5 Å². The SMILES string of the molecule is CC#CCOCC1CCCC1CN. The summed E-state index contributed by atoms with van der Waals surface area (Å²) in [5, 5.41) is 0. The molecule has 0 amide bonds. The summed E-state index contributed by atoms with van der Waals surface area (Å²) in [5.74, 6) is 7.09. The van der Waals surface area contributed by atoms with E-state index in [1.807, 2.05) is 6.92 Å². The third kappa shape index (κ3) is 3.38. The quantitative estimate of drug-likeness (QED) is 0.525. The van der Waals surface area contributed by atoms with Gasteiger partial charge in [-0.3, -0.25) is 0 Å². The summed E-state index contributed by atoms with van der Waals surface area (Å²) < 4.78 is 5.46. The second-order valence-corrected chi connectivity index (χ2v) is 3.63. The fourth-order valence-corrected chi connectivity index (χ4v) is 1.98. The van der Waals surface area contributed by atoms with Crippen LogP contribution in [0.25, 0.3) is 0 Å². The predicted octanol–water partition coefficient (Wildman–Crippen LogP) is 1.40. The first-order valence-electron chi connectivity index (χ1n) is 5.06. The minimum atomic E-state index is 0.574. The Hall–Kier alpha value is -0.520. The van der Waals surface area contributed by atoms with Gasteiger partial charge in [-0.05, 0) is 38.1 Å². The van der Waals surface area contributed by atoms with Crippen LogP contribution >= 0.6 is 0 Å². The molecule has 0 heterocycles. The van der Waals surface area contributed by atoms with E-state index in [-0.39, 0.29) is 0 Å². The number of hydrogen-bond donors (Lipinski definition) is 1. The Balaban J connectivity index is 2.15. The first-order valence-corrected chi connectivity index (χ1v) is 5.06. The van der Waals surface area contributed by atoms with Crippen LogP contribution in [0.4, 0.5) is 0 Å². The summed E-state index contributed by atoms with van der Waals surface area (Å²) in [6, 6.07) is 0. The van der Waals surface area contributed by atoms with E-state index in [0.717, 1.165) is 13.2 Å². The van der Waals surface area contributed by atoms with Gasteiger partial charge in [0, 0.05) is 0 Å². The maximum absolute atomic E-state index is 5.67. The van der Waals surface area contributed by atoms with Crippen LogP contribution in [-0.4, -0.2) is 19.8 Å². The zero-order chi connectivity index (χ0) is 9.52.